The number of hydrogen-bond donors (Lipinski definition) is 1. The molecule has 0 unspecified atom stereocenters. The van der Waals surface area contributed by atoms with Crippen molar-refractivity contribution in [2.24, 2.45) is 5.92 Å². The zero-order valence-corrected chi connectivity index (χ0v) is 12.1. The number of rotatable bonds is 5. The number of amides is 1. The molecule has 5 heteroatoms. The lowest BCUT2D eigenvalue weighted by Crippen LogP contribution is -2.38. The van der Waals surface area contributed by atoms with Crippen LogP contribution < -0.4 is 0 Å². The zero-order chi connectivity index (χ0) is 15.3. The van der Waals surface area contributed by atoms with Crippen molar-refractivity contribution in [3.05, 3.63) is 34.3 Å². The molecule has 0 atom stereocenters. The van der Waals surface area contributed by atoms with Crippen LogP contribution in [0, 0.1) is 18.3 Å². The number of carbonyl (C=O) groups is 2. The molecule has 106 valence electrons. The van der Waals surface area contributed by atoms with Crippen molar-refractivity contribution < 1.29 is 14.7 Å². The van der Waals surface area contributed by atoms with Crippen LogP contribution in [0.3, 0.4) is 0 Å². The second-order valence-corrected chi connectivity index (χ2v) is 5.22. The van der Waals surface area contributed by atoms with E-state index in [1.165, 1.54) is 11.0 Å². The van der Waals surface area contributed by atoms with Gasteiger partial charge in [-0.3, -0.25) is 9.59 Å². The normalized spacial score (nSPS) is 10.2. The maximum atomic E-state index is 12.3. The molecule has 0 bridgehead atoms. The largest absolute Gasteiger partial charge is 0.480 e. The first-order chi connectivity index (χ1) is 9.35. The number of carbonyl (C=O) groups excluding carboxylic acids is 1. The van der Waals surface area contributed by atoms with Gasteiger partial charge in [0.15, 0.2) is 0 Å². The number of benzene rings is 1. The van der Waals surface area contributed by atoms with Crippen LogP contribution >= 0.6 is 11.6 Å². The molecule has 0 saturated carbocycles. The van der Waals surface area contributed by atoms with Crippen LogP contribution in [0.2, 0.25) is 5.02 Å². The number of carboxylic acids is 1. The Hall–Kier alpha value is -1.99. The van der Waals surface area contributed by atoms with Gasteiger partial charge in [0, 0.05) is 17.7 Å². The minimum absolute atomic E-state index is 0.166. The smallest absolute Gasteiger partial charge is 0.323 e. The third-order valence-electron chi connectivity index (χ3n) is 2.57. The summed E-state index contributed by atoms with van der Waals surface area (Å²) in [5, 5.41) is 9.19. The topological polar surface area (TPSA) is 57.6 Å². The standard InChI is InChI=1S/C15H16ClNO3/c1-4-11-5-6-12(7-13(11)16)15(20)17(8-10(2)3)9-14(18)19/h1,5-7,10H,8-9H2,2-3H3,(H,18,19). The van der Waals surface area contributed by atoms with Gasteiger partial charge in [0.25, 0.3) is 5.91 Å². The SMILES string of the molecule is C#Cc1ccc(C(=O)N(CC(=O)O)CC(C)C)cc1Cl. The van der Waals surface area contributed by atoms with Crippen LogP contribution in [0.1, 0.15) is 29.8 Å². The lowest BCUT2D eigenvalue weighted by Gasteiger charge is -2.23. The van der Waals surface area contributed by atoms with Crippen LogP contribution in [0.4, 0.5) is 0 Å². The van der Waals surface area contributed by atoms with Crippen LogP contribution in [-0.4, -0.2) is 35.0 Å². The highest BCUT2D eigenvalue weighted by atomic mass is 35.5. The van der Waals surface area contributed by atoms with Crippen molar-refractivity contribution in [1.29, 1.82) is 0 Å². The number of carboxylic acid groups (broad SMARTS) is 1. The lowest BCUT2D eigenvalue weighted by molar-refractivity contribution is -0.137. The highest BCUT2D eigenvalue weighted by Gasteiger charge is 2.20. The molecule has 20 heavy (non-hydrogen) atoms. The minimum Gasteiger partial charge on any atom is -0.480 e. The Labute approximate surface area is 123 Å². The Morgan fingerprint density at radius 3 is 2.55 bits per heavy atom. The summed E-state index contributed by atoms with van der Waals surface area (Å²) in [6.07, 6.45) is 5.26. The Morgan fingerprint density at radius 1 is 1.45 bits per heavy atom. The number of halogens is 1. The number of nitrogens with zero attached hydrogens (tertiary/aromatic N) is 1. The van der Waals surface area contributed by atoms with Crippen molar-refractivity contribution in [1.82, 2.24) is 4.90 Å². The second-order valence-electron chi connectivity index (χ2n) is 4.81. The quantitative estimate of drug-likeness (QED) is 0.849. The third kappa shape index (κ3) is 4.29. The first-order valence-corrected chi connectivity index (χ1v) is 6.50. The molecular weight excluding hydrogens is 278 g/mol. The first kappa shape index (κ1) is 16.1. The molecule has 1 aromatic carbocycles. The number of hydrogen-bond acceptors (Lipinski definition) is 2. The third-order valence-corrected chi connectivity index (χ3v) is 2.88. The highest BCUT2D eigenvalue weighted by molar-refractivity contribution is 6.32. The molecule has 1 N–H and O–H groups in total. The Morgan fingerprint density at radius 2 is 2.10 bits per heavy atom. The monoisotopic (exact) mass is 293 g/mol. The first-order valence-electron chi connectivity index (χ1n) is 6.12. The van der Waals surface area contributed by atoms with E-state index in [0.717, 1.165) is 0 Å². The molecule has 0 fully saturated rings. The minimum atomic E-state index is -1.05. The van der Waals surface area contributed by atoms with E-state index in [4.69, 9.17) is 23.1 Å². The van der Waals surface area contributed by atoms with Gasteiger partial charge in [-0.2, -0.15) is 0 Å². The van der Waals surface area contributed by atoms with Gasteiger partial charge in [0.1, 0.15) is 6.54 Å². The summed E-state index contributed by atoms with van der Waals surface area (Å²) in [5.41, 5.74) is 0.827. The fourth-order valence-electron chi connectivity index (χ4n) is 1.77. The lowest BCUT2D eigenvalue weighted by atomic mass is 10.1. The summed E-state index contributed by atoms with van der Waals surface area (Å²) >= 11 is 5.96. The highest BCUT2D eigenvalue weighted by Crippen LogP contribution is 2.18. The second kappa shape index (κ2) is 6.97. The van der Waals surface area contributed by atoms with Gasteiger partial charge in [-0.05, 0) is 24.1 Å². The van der Waals surface area contributed by atoms with Crippen molar-refractivity contribution in [3.63, 3.8) is 0 Å². The van der Waals surface area contributed by atoms with Gasteiger partial charge in [0.05, 0.1) is 5.02 Å². The molecule has 1 aromatic rings. The number of aliphatic carboxylic acids is 1. The summed E-state index contributed by atoms with van der Waals surface area (Å²) in [6.45, 7) is 3.85. The van der Waals surface area contributed by atoms with E-state index in [0.29, 0.717) is 22.7 Å². The average Bonchev–Trinajstić information content (AvgIpc) is 2.35. The maximum absolute atomic E-state index is 12.3. The van der Waals surface area contributed by atoms with E-state index in [1.54, 1.807) is 12.1 Å². The maximum Gasteiger partial charge on any atom is 0.323 e. The van der Waals surface area contributed by atoms with Gasteiger partial charge >= 0.3 is 5.97 Å². The van der Waals surface area contributed by atoms with E-state index < -0.39 is 5.97 Å². The molecule has 0 aromatic heterocycles. The molecule has 0 aliphatic heterocycles. The van der Waals surface area contributed by atoms with Gasteiger partial charge in [-0.1, -0.05) is 31.4 Å². The average molecular weight is 294 g/mol. The molecule has 0 saturated heterocycles. The molecule has 0 radical (unpaired) electrons. The van der Waals surface area contributed by atoms with Crippen molar-refractivity contribution in [3.8, 4) is 12.3 Å². The Kier molecular flexibility index (Phi) is 5.60. The number of terminal acetylenes is 1. The van der Waals surface area contributed by atoms with Crippen molar-refractivity contribution in [2.75, 3.05) is 13.1 Å². The van der Waals surface area contributed by atoms with Crippen LogP contribution in [0.15, 0.2) is 18.2 Å². The molecule has 0 heterocycles. The fourth-order valence-corrected chi connectivity index (χ4v) is 2.01. The van der Waals surface area contributed by atoms with Gasteiger partial charge in [-0.15, -0.1) is 6.42 Å². The molecule has 0 aliphatic carbocycles. The van der Waals surface area contributed by atoms with E-state index in [2.05, 4.69) is 5.92 Å². The molecular formula is C15H16ClNO3. The van der Waals surface area contributed by atoms with E-state index in [1.807, 2.05) is 13.8 Å². The van der Waals surface area contributed by atoms with Gasteiger partial charge in [-0.25, -0.2) is 0 Å². The van der Waals surface area contributed by atoms with Crippen LogP contribution in [0.5, 0.6) is 0 Å². The van der Waals surface area contributed by atoms with Gasteiger partial charge < -0.3 is 10.0 Å². The predicted octanol–water partition coefficient (Wildman–Crippen LogP) is 2.50. The van der Waals surface area contributed by atoms with Crippen LogP contribution in [0.25, 0.3) is 0 Å². The van der Waals surface area contributed by atoms with Crippen molar-refractivity contribution in [2.45, 2.75) is 13.8 Å². The summed E-state index contributed by atoms with van der Waals surface area (Å²) in [5.74, 6) is 1.15. The fraction of sp³-hybridized carbons (Fsp3) is 0.333. The van der Waals surface area contributed by atoms with Crippen LogP contribution in [-0.2, 0) is 4.79 Å². The van der Waals surface area contributed by atoms with E-state index in [-0.39, 0.29) is 18.4 Å². The summed E-state index contributed by atoms with van der Waals surface area (Å²) in [6, 6.07) is 4.59. The zero-order valence-electron chi connectivity index (χ0n) is 11.4. The molecule has 4 nitrogen and oxygen atoms in total. The molecule has 0 aliphatic rings. The van der Waals surface area contributed by atoms with Gasteiger partial charge in [0.2, 0.25) is 0 Å². The Balaban J connectivity index is 3.02. The summed E-state index contributed by atoms with van der Waals surface area (Å²) in [4.78, 5) is 24.5. The molecule has 0 spiro atoms. The molecule has 1 rings (SSSR count). The van der Waals surface area contributed by atoms with E-state index >= 15 is 0 Å². The molecule has 1 amide bonds. The van der Waals surface area contributed by atoms with Crippen molar-refractivity contribution >= 4 is 23.5 Å². The summed E-state index contributed by atoms with van der Waals surface area (Å²) < 4.78 is 0. The predicted molar refractivity (Wildman–Crippen MR) is 77.8 cm³/mol. The summed E-state index contributed by atoms with van der Waals surface area (Å²) in [7, 11) is 0. The van der Waals surface area contributed by atoms with E-state index in [9.17, 15) is 9.59 Å². The Bertz CT molecular complexity index is 561.